The summed E-state index contributed by atoms with van der Waals surface area (Å²) in [7, 11) is 4.23. The summed E-state index contributed by atoms with van der Waals surface area (Å²) in [5, 5.41) is 11.6. The number of carbonyl (C=O) groups is 2. The predicted molar refractivity (Wildman–Crippen MR) is 135 cm³/mol. The second-order valence-corrected chi connectivity index (χ2v) is 8.60. The lowest BCUT2D eigenvalue weighted by Gasteiger charge is -2.27. The highest BCUT2D eigenvalue weighted by molar-refractivity contribution is 6.47. The zero-order valence-corrected chi connectivity index (χ0v) is 21.1. The number of aliphatic hydroxyl groups is 1. The SMILES string of the molecule is COc1ccccc1C1/C(=C(\O)c2cc(Cl)c(OC)c(Cl)c2OC)C(=O)C(=O)N1Cc1ccncc1. The lowest BCUT2D eigenvalue weighted by Crippen LogP contribution is -2.29. The Labute approximate surface area is 217 Å². The third-order valence-electron chi connectivity index (χ3n) is 5.87. The summed E-state index contributed by atoms with van der Waals surface area (Å²) in [6.45, 7) is 0.0911. The first-order valence-electron chi connectivity index (χ1n) is 10.7. The second kappa shape index (κ2) is 10.5. The van der Waals surface area contributed by atoms with Crippen LogP contribution in [-0.4, -0.2) is 48.0 Å². The zero-order chi connectivity index (χ0) is 26.0. The van der Waals surface area contributed by atoms with Crippen LogP contribution >= 0.6 is 23.2 Å². The van der Waals surface area contributed by atoms with Crippen molar-refractivity contribution >= 4 is 40.7 Å². The first kappa shape index (κ1) is 25.3. The fourth-order valence-electron chi connectivity index (χ4n) is 4.24. The van der Waals surface area contributed by atoms with Crippen LogP contribution in [-0.2, 0) is 16.1 Å². The van der Waals surface area contributed by atoms with Crippen molar-refractivity contribution in [1.29, 1.82) is 0 Å². The third kappa shape index (κ3) is 4.34. The summed E-state index contributed by atoms with van der Waals surface area (Å²) in [6, 6.07) is 10.8. The Hall–Kier alpha value is -3.75. The van der Waals surface area contributed by atoms with Gasteiger partial charge in [-0.3, -0.25) is 14.6 Å². The Morgan fingerprint density at radius 3 is 2.31 bits per heavy atom. The van der Waals surface area contributed by atoms with E-state index in [0.29, 0.717) is 11.3 Å². The number of methoxy groups -OCH3 is 3. The number of hydrogen-bond acceptors (Lipinski definition) is 7. The first-order chi connectivity index (χ1) is 17.3. The Morgan fingerprint density at radius 2 is 1.67 bits per heavy atom. The average molecular weight is 529 g/mol. The highest BCUT2D eigenvalue weighted by Crippen LogP contribution is 2.48. The molecule has 36 heavy (non-hydrogen) atoms. The minimum absolute atomic E-state index is 0.00825. The Morgan fingerprint density at radius 1 is 1.00 bits per heavy atom. The summed E-state index contributed by atoms with van der Waals surface area (Å²) < 4.78 is 16.2. The maximum absolute atomic E-state index is 13.4. The molecule has 1 N–H and O–H groups in total. The Kier molecular flexibility index (Phi) is 7.37. The number of benzene rings is 2. The number of nitrogens with zero attached hydrogens (tertiary/aromatic N) is 2. The van der Waals surface area contributed by atoms with Crippen LogP contribution in [0.3, 0.4) is 0 Å². The van der Waals surface area contributed by atoms with E-state index in [9.17, 15) is 14.7 Å². The smallest absolute Gasteiger partial charge is 0.295 e. The summed E-state index contributed by atoms with van der Waals surface area (Å²) in [5.74, 6) is -1.53. The monoisotopic (exact) mass is 528 g/mol. The highest BCUT2D eigenvalue weighted by Gasteiger charge is 2.47. The molecule has 3 aromatic rings. The van der Waals surface area contributed by atoms with E-state index in [1.54, 1.807) is 48.8 Å². The number of ketones is 1. The molecule has 1 unspecified atom stereocenters. The van der Waals surface area contributed by atoms with E-state index in [-0.39, 0.29) is 39.2 Å². The molecule has 1 fully saturated rings. The van der Waals surface area contributed by atoms with Gasteiger partial charge < -0.3 is 24.2 Å². The summed E-state index contributed by atoms with van der Waals surface area (Å²) in [4.78, 5) is 32.1. The molecule has 1 atom stereocenters. The van der Waals surface area contributed by atoms with E-state index in [0.717, 1.165) is 5.56 Å². The van der Waals surface area contributed by atoms with Crippen molar-refractivity contribution in [2.45, 2.75) is 12.6 Å². The van der Waals surface area contributed by atoms with Crippen molar-refractivity contribution in [1.82, 2.24) is 9.88 Å². The number of halogens is 2. The van der Waals surface area contributed by atoms with Gasteiger partial charge in [-0.05, 0) is 29.8 Å². The van der Waals surface area contributed by atoms with Crippen molar-refractivity contribution in [2.75, 3.05) is 21.3 Å². The molecule has 8 nitrogen and oxygen atoms in total. The minimum atomic E-state index is -0.973. The molecule has 1 aliphatic rings. The molecule has 0 radical (unpaired) electrons. The number of rotatable bonds is 7. The molecule has 186 valence electrons. The van der Waals surface area contributed by atoms with Gasteiger partial charge in [0.25, 0.3) is 11.7 Å². The van der Waals surface area contributed by atoms with Crippen LogP contribution < -0.4 is 14.2 Å². The summed E-state index contributed by atoms with van der Waals surface area (Å²) in [5.41, 5.74) is 1.14. The highest BCUT2D eigenvalue weighted by atomic mass is 35.5. The van der Waals surface area contributed by atoms with Crippen molar-refractivity contribution < 1.29 is 28.9 Å². The number of aromatic nitrogens is 1. The number of para-hydroxylation sites is 1. The molecular weight excluding hydrogens is 507 g/mol. The maximum atomic E-state index is 13.4. The molecule has 0 aliphatic carbocycles. The number of likely N-dealkylation sites (tertiary alicyclic amines) is 1. The molecule has 1 aromatic heterocycles. The number of hydrogen-bond donors (Lipinski definition) is 1. The molecule has 1 amide bonds. The molecule has 0 spiro atoms. The van der Waals surface area contributed by atoms with E-state index in [1.165, 1.54) is 32.3 Å². The molecule has 1 saturated heterocycles. The van der Waals surface area contributed by atoms with Crippen LogP contribution in [0.2, 0.25) is 10.0 Å². The van der Waals surface area contributed by atoms with Gasteiger partial charge in [0.15, 0.2) is 11.5 Å². The molecule has 10 heteroatoms. The van der Waals surface area contributed by atoms with Crippen LogP contribution in [0.1, 0.15) is 22.7 Å². The zero-order valence-electron chi connectivity index (χ0n) is 19.6. The number of ether oxygens (including phenoxy) is 3. The van der Waals surface area contributed by atoms with Gasteiger partial charge in [-0.1, -0.05) is 41.4 Å². The van der Waals surface area contributed by atoms with Crippen LogP contribution in [0.5, 0.6) is 17.2 Å². The topological polar surface area (TPSA) is 98.2 Å². The van der Waals surface area contributed by atoms with E-state index in [4.69, 9.17) is 37.4 Å². The standard InChI is InChI=1S/C26H22Cl2N2O6/c1-34-18-7-5-4-6-15(18)21-19(23(32)26(33)30(21)13-14-8-10-29-11-9-14)22(31)16-12-17(27)25(36-3)20(28)24(16)35-2/h4-12,21,31H,13H2,1-3H3/b22-19+. The number of aliphatic hydroxyl groups excluding tert-OH is 1. The van der Waals surface area contributed by atoms with Crippen molar-refractivity contribution in [3.05, 3.63) is 87.2 Å². The van der Waals surface area contributed by atoms with Gasteiger partial charge in [-0.15, -0.1) is 0 Å². The molecular formula is C26H22Cl2N2O6. The average Bonchev–Trinajstić information content (AvgIpc) is 3.13. The van der Waals surface area contributed by atoms with Gasteiger partial charge >= 0.3 is 0 Å². The first-order valence-corrected chi connectivity index (χ1v) is 11.5. The van der Waals surface area contributed by atoms with Crippen LogP contribution in [0.4, 0.5) is 0 Å². The number of pyridine rings is 1. The Balaban J connectivity index is 1.98. The van der Waals surface area contributed by atoms with E-state index < -0.39 is 23.5 Å². The Bertz CT molecular complexity index is 1360. The minimum Gasteiger partial charge on any atom is -0.507 e. The molecule has 4 rings (SSSR count). The second-order valence-electron chi connectivity index (χ2n) is 7.81. The van der Waals surface area contributed by atoms with Gasteiger partial charge in [0, 0.05) is 24.5 Å². The number of amides is 1. The van der Waals surface area contributed by atoms with Crippen LogP contribution in [0, 0.1) is 0 Å². The molecule has 2 aromatic carbocycles. The molecule has 2 heterocycles. The predicted octanol–water partition coefficient (Wildman–Crippen LogP) is 5.04. The van der Waals surface area contributed by atoms with Crippen molar-refractivity contribution in [3.63, 3.8) is 0 Å². The third-order valence-corrected chi connectivity index (χ3v) is 6.49. The molecule has 0 saturated carbocycles. The summed E-state index contributed by atoms with van der Waals surface area (Å²) >= 11 is 12.7. The van der Waals surface area contributed by atoms with Crippen LogP contribution in [0.15, 0.2) is 60.4 Å². The van der Waals surface area contributed by atoms with E-state index >= 15 is 0 Å². The quantitative estimate of drug-likeness (QED) is 0.260. The van der Waals surface area contributed by atoms with Crippen LogP contribution in [0.25, 0.3) is 5.76 Å². The lowest BCUT2D eigenvalue weighted by molar-refractivity contribution is -0.140. The molecule has 1 aliphatic heterocycles. The largest absolute Gasteiger partial charge is 0.507 e. The number of Topliss-reactive ketones (excluding diaryl/α,β-unsaturated/α-hetero) is 1. The lowest BCUT2D eigenvalue weighted by atomic mass is 9.94. The van der Waals surface area contributed by atoms with Gasteiger partial charge in [0.2, 0.25) is 0 Å². The van der Waals surface area contributed by atoms with E-state index in [1.807, 2.05) is 0 Å². The maximum Gasteiger partial charge on any atom is 0.295 e. The normalized spacial score (nSPS) is 16.8. The van der Waals surface area contributed by atoms with Gasteiger partial charge in [-0.25, -0.2) is 0 Å². The fourth-order valence-corrected chi connectivity index (χ4v) is 4.92. The van der Waals surface area contributed by atoms with Crippen molar-refractivity contribution in [2.24, 2.45) is 0 Å². The van der Waals surface area contributed by atoms with E-state index in [2.05, 4.69) is 4.98 Å². The number of carbonyl (C=O) groups excluding carboxylic acids is 2. The van der Waals surface area contributed by atoms with Gasteiger partial charge in [0.05, 0.1) is 43.5 Å². The molecule has 0 bridgehead atoms. The van der Waals surface area contributed by atoms with Crippen molar-refractivity contribution in [3.8, 4) is 17.2 Å². The van der Waals surface area contributed by atoms with Gasteiger partial charge in [0.1, 0.15) is 16.5 Å². The summed E-state index contributed by atoms with van der Waals surface area (Å²) in [6.07, 6.45) is 3.19. The fraction of sp³-hybridized carbons (Fsp3) is 0.192. The van der Waals surface area contributed by atoms with Gasteiger partial charge in [-0.2, -0.15) is 0 Å².